The number of amides is 1. The van der Waals surface area contributed by atoms with Crippen molar-refractivity contribution in [2.75, 3.05) is 0 Å². The van der Waals surface area contributed by atoms with E-state index in [0.717, 1.165) is 11.4 Å². The van der Waals surface area contributed by atoms with E-state index in [1.54, 1.807) is 23.6 Å². The highest BCUT2D eigenvalue weighted by atomic mass is 35.5. The molecule has 0 aliphatic carbocycles. The van der Waals surface area contributed by atoms with Gasteiger partial charge in [-0.3, -0.25) is 10.3 Å². The summed E-state index contributed by atoms with van der Waals surface area (Å²) in [6.07, 6.45) is 1.73. The number of carbonyl (C=O) groups is 1. The highest BCUT2D eigenvalue weighted by Crippen LogP contribution is 2.02. The van der Waals surface area contributed by atoms with Crippen molar-refractivity contribution in [3.63, 3.8) is 0 Å². The summed E-state index contributed by atoms with van der Waals surface area (Å²) in [6, 6.07) is 12.9. The SMILES string of the molecule is [Cl-].[Cl-].[NH3+]c1ccc(C(=O)[NH2+]Cc2ccccn2)cc1. The van der Waals surface area contributed by atoms with E-state index in [1.807, 2.05) is 30.3 Å². The predicted octanol–water partition coefficient (Wildman–Crippen LogP) is -6.13. The fraction of sp³-hybridized carbons (Fsp3) is 0.0769. The highest BCUT2D eigenvalue weighted by Gasteiger charge is 2.10. The molecule has 0 saturated carbocycles. The van der Waals surface area contributed by atoms with Gasteiger partial charge in [-0.15, -0.1) is 0 Å². The number of pyridine rings is 1. The summed E-state index contributed by atoms with van der Waals surface area (Å²) in [5.74, 6) is 0.0238. The van der Waals surface area contributed by atoms with Crippen molar-refractivity contribution in [1.29, 1.82) is 0 Å². The van der Waals surface area contributed by atoms with Crippen molar-refractivity contribution in [1.82, 2.24) is 4.98 Å². The van der Waals surface area contributed by atoms with Crippen LogP contribution >= 0.6 is 0 Å². The van der Waals surface area contributed by atoms with E-state index in [0.29, 0.717) is 12.1 Å². The fourth-order valence-corrected chi connectivity index (χ4v) is 1.50. The molecule has 0 aliphatic heterocycles. The molecule has 0 radical (unpaired) electrons. The second kappa shape index (κ2) is 8.61. The Kier molecular flexibility index (Phi) is 7.95. The molecule has 4 nitrogen and oxygen atoms in total. The van der Waals surface area contributed by atoms with Gasteiger partial charge in [0, 0.05) is 6.20 Å². The Balaban J connectivity index is 0.00000162. The van der Waals surface area contributed by atoms with Crippen molar-refractivity contribution in [3.05, 3.63) is 59.9 Å². The van der Waals surface area contributed by atoms with Gasteiger partial charge in [0.2, 0.25) is 0 Å². The summed E-state index contributed by atoms with van der Waals surface area (Å²) in [7, 11) is 0. The number of benzene rings is 1. The number of quaternary nitrogens is 2. The zero-order chi connectivity index (χ0) is 12.1. The van der Waals surface area contributed by atoms with Crippen LogP contribution in [-0.2, 0) is 6.54 Å². The lowest BCUT2D eigenvalue weighted by atomic mass is 10.2. The summed E-state index contributed by atoms with van der Waals surface area (Å²) >= 11 is 0. The van der Waals surface area contributed by atoms with Crippen LogP contribution in [-0.4, -0.2) is 10.9 Å². The lowest BCUT2D eigenvalue weighted by Gasteiger charge is -1.99. The molecule has 1 heterocycles. The minimum Gasteiger partial charge on any atom is -1.00 e. The Morgan fingerprint density at radius 1 is 1.11 bits per heavy atom. The molecule has 19 heavy (non-hydrogen) atoms. The Morgan fingerprint density at radius 3 is 2.37 bits per heavy atom. The Labute approximate surface area is 124 Å². The fourth-order valence-electron chi connectivity index (χ4n) is 1.50. The molecule has 102 valence electrons. The van der Waals surface area contributed by atoms with E-state index in [4.69, 9.17) is 0 Å². The van der Waals surface area contributed by atoms with Gasteiger partial charge in [-0.1, -0.05) is 6.07 Å². The largest absolute Gasteiger partial charge is 1.00 e. The van der Waals surface area contributed by atoms with Gasteiger partial charge in [0.15, 0.2) is 0 Å². The predicted molar refractivity (Wildman–Crippen MR) is 63.2 cm³/mol. The smallest absolute Gasteiger partial charge is 0.342 e. The van der Waals surface area contributed by atoms with Gasteiger partial charge in [0.1, 0.15) is 12.2 Å². The van der Waals surface area contributed by atoms with Crippen molar-refractivity contribution in [2.24, 2.45) is 0 Å². The minimum atomic E-state index is 0. The van der Waals surface area contributed by atoms with Gasteiger partial charge in [-0.2, -0.15) is 0 Å². The number of hydrogen-bond acceptors (Lipinski definition) is 2. The Morgan fingerprint density at radius 2 is 1.79 bits per heavy atom. The maximum Gasteiger partial charge on any atom is 0.342 e. The van der Waals surface area contributed by atoms with Gasteiger partial charge in [0.05, 0.1) is 11.3 Å². The van der Waals surface area contributed by atoms with Crippen LogP contribution in [0, 0.1) is 0 Å². The molecule has 2 rings (SSSR count). The second-order valence-electron chi connectivity index (χ2n) is 3.79. The molecule has 1 amide bonds. The topological polar surface area (TPSA) is 74.2 Å². The summed E-state index contributed by atoms with van der Waals surface area (Å²) in [4.78, 5) is 16.0. The van der Waals surface area contributed by atoms with E-state index in [1.165, 1.54) is 0 Å². The van der Waals surface area contributed by atoms with E-state index in [-0.39, 0.29) is 30.7 Å². The maximum absolute atomic E-state index is 11.8. The molecule has 0 spiro atoms. The summed E-state index contributed by atoms with van der Waals surface area (Å²) < 4.78 is 0. The van der Waals surface area contributed by atoms with Gasteiger partial charge in [0.25, 0.3) is 0 Å². The van der Waals surface area contributed by atoms with Crippen LogP contribution in [0.15, 0.2) is 48.7 Å². The third kappa shape index (κ3) is 5.36. The van der Waals surface area contributed by atoms with Gasteiger partial charge >= 0.3 is 5.91 Å². The van der Waals surface area contributed by atoms with Crippen LogP contribution in [0.3, 0.4) is 0 Å². The highest BCUT2D eigenvalue weighted by molar-refractivity contribution is 5.86. The first-order valence-corrected chi connectivity index (χ1v) is 5.45. The van der Waals surface area contributed by atoms with Crippen LogP contribution in [0.4, 0.5) is 5.69 Å². The standard InChI is InChI=1S/C13H13N3O.2ClH/c14-11-6-4-10(5-7-11)13(17)16-9-12-3-1-2-8-15-12;;/h1-8H,9,14H2,(H,16,17);2*1H. The average molecular weight is 300 g/mol. The van der Waals surface area contributed by atoms with Crippen LogP contribution < -0.4 is 35.9 Å². The molecule has 0 atom stereocenters. The van der Waals surface area contributed by atoms with Crippen molar-refractivity contribution in [2.45, 2.75) is 6.54 Å². The first kappa shape index (κ1) is 17.5. The molecular weight excluding hydrogens is 285 g/mol. The van der Waals surface area contributed by atoms with Crippen molar-refractivity contribution < 1.29 is 40.7 Å². The minimum absolute atomic E-state index is 0. The van der Waals surface area contributed by atoms with E-state index in [9.17, 15) is 4.79 Å². The molecule has 5 N–H and O–H groups in total. The first-order chi connectivity index (χ1) is 8.25. The molecule has 2 aromatic rings. The van der Waals surface area contributed by atoms with Crippen LogP contribution in [0.1, 0.15) is 16.1 Å². The number of primary amides is 1. The Hall–Kier alpha value is -1.46. The van der Waals surface area contributed by atoms with Crippen LogP contribution in [0.5, 0.6) is 0 Å². The zero-order valence-electron chi connectivity index (χ0n) is 10.2. The molecule has 0 unspecified atom stereocenters. The molecule has 0 saturated heterocycles. The summed E-state index contributed by atoms with van der Waals surface area (Å²) in [5, 5.41) is 1.65. The average Bonchev–Trinajstić information content (AvgIpc) is 2.38. The second-order valence-corrected chi connectivity index (χ2v) is 3.79. The molecular formula is C13H15Cl2N3O. The number of rotatable bonds is 3. The monoisotopic (exact) mass is 299 g/mol. The van der Waals surface area contributed by atoms with Gasteiger partial charge in [-0.25, -0.2) is 4.79 Å². The quantitative estimate of drug-likeness (QED) is 0.592. The number of halogens is 2. The first-order valence-electron chi connectivity index (χ1n) is 5.45. The van der Waals surface area contributed by atoms with Crippen molar-refractivity contribution in [3.8, 4) is 0 Å². The summed E-state index contributed by atoms with van der Waals surface area (Å²) in [6.45, 7) is 0.561. The zero-order valence-corrected chi connectivity index (χ0v) is 11.7. The normalized spacial score (nSPS) is 9.11. The van der Waals surface area contributed by atoms with Gasteiger partial charge in [-0.05, 0) is 36.4 Å². The molecule has 0 bridgehead atoms. The molecule has 1 aromatic heterocycles. The number of aromatic nitrogens is 1. The van der Waals surface area contributed by atoms with E-state index >= 15 is 0 Å². The molecule has 1 aromatic carbocycles. The number of carbonyl (C=O) groups excluding carboxylic acids is 1. The third-order valence-electron chi connectivity index (χ3n) is 2.46. The number of nitrogens with zero attached hydrogens (tertiary/aromatic N) is 1. The van der Waals surface area contributed by atoms with Gasteiger partial charge < -0.3 is 30.5 Å². The molecule has 0 fully saturated rings. The Bertz CT molecular complexity index is 503. The third-order valence-corrected chi connectivity index (χ3v) is 2.46. The number of nitrogens with two attached hydrogens (primary N) is 1. The number of hydrogen-bond donors (Lipinski definition) is 2. The summed E-state index contributed by atoms with van der Waals surface area (Å²) in [5.41, 5.74) is 6.28. The van der Waals surface area contributed by atoms with Crippen molar-refractivity contribution >= 4 is 11.6 Å². The molecule has 0 aliphatic rings. The van der Waals surface area contributed by atoms with E-state index < -0.39 is 0 Å². The van der Waals surface area contributed by atoms with E-state index in [2.05, 4.69) is 10.7 Å². The maximum atomic E-state index is 11.8. The van der Waals surface area contributed by atoms with Crippen LogP contribution in [0.25, 0.3) is 0 Å². The molecule has 6 heteroatoms. The lowest BCUT2D eigenvalue weighted by molar-refractivity contribution is -0.572. The van der Waals surface area contributed by atoms with Crippen LogP contribution in [0.2, 0.25) is 0 Å². The lowest BCUT2D eigenvalue weighted by Crippen LogP contribution is -3.00.